The molecule has 3 N–H and O–H groups in total. The second-order valence-electron chi connectivity index (χ2n) is 5.00. The zero-order valence-electron chi connectivity index (χ0n) is 9.74. The fourth-order valence-corrected chi connectivity index (χ4v) is 2.25. The summed E-state index contributed by atoms with van der Waals surface area (Å²) in [5.74, 6) is 0.139. The van der Waals surface area contributed by atoms with Crippen LogP contribution in [0.25, 0.3) is 0 Å². The molecule has 0 unspecified atom stereocenters. The van der Waals surface area contributed by atoms with Crippen LogP contribution in [0.15, 0.2) is 0 Å². The maximum Gasteiger partial charge on any atom is 0.221 e. The second kappa shape index (κ2) is 5.64. The molecule has 0 aromatic heterocycles. The lowest BCUT2D eigenvalue weighted by molar-refractivity contribution is -0.121. The average Bonchev–Trinajstić information content (AvgIpc) is 3.05. The number of carbonyl (C=O) groups excluding carboxylic acids is 1. The number of aliphatic hydroxyl groups is 1. The molecule has 2 fully saturated rings. The Labute approximate surface area is 96.8 Å². The minimum atomic E-state index is -0.222. The number of hydrogen-bond donors (Lipinski definition) is 3. The van der Waals surface area contributed by atoms with Gasteiger partial charge < -0.3 is 15.7 Å². The van der Waals surface area contributed by atoms with Gasteiger partial charge in [-0.1, -0.05) is 12.8 Å². The van der Waals surface area contributed by atoms with Gasteiger partial charge in [-0.15, -0.1) is 0 Å². The molecule has 1 amide bonds. The molecule has 4 heteroatoms. The van der Waals surface area contributed by atoms with Crippen LogP contribution >= 0.6 is 0 Å². The monoisotopic (exact) mass is 226 g/mol. The molecular weight excluding hydrogens is 204 g/mol. The smallest absolute Gasteiger partial charge is 0.221 e. The van der Waals surface area contributed by atoms with Gasteiger partial charge in [-0.2, -0.15) is 0 Å². The third-order valence-electron chi connectivity index (χ3n) is 3.43. The SMILES string of the molecule is O=C(CCN[C@@H]1CCCC[C@H]1O)NC1CC1. The van der Waals surface area contributed by atoms with Crippen LogP contribution in [-0.2, 0) is 4.79 Å². The van der Waals surface area contributed by atoms with Crippen molar-refractivity contribution in [1.82, 2.24) is 10.6 Å². The Morgan fingerprint density at radius 1 is 1.19 bits per heavy atom. The number of nitrogens with one attached hydrogen (secondary N) is 2. The highest BCUT2D eigenvalue weighted by Crippen LogP contribution is 2.19. The van der Waals surface area contributed by atoms with E-state index in [4.69, 9.17) is 0 Å². The third-order valence-corrected chi connectivity index (χ3v) is 3.43. The normalized spacial score (nSPS) is 30.1. The first-order chi connectivity index (χ1) is 7.75. The van der Waals surface area contributed by atoms with Crippen LogP contribution in [-0.4, -0.2) is 35.7 Å². The lowest BCUT2D eigenvalue weighted by atomic mass is 9.92. The fourth-order valence-electron chi connectivity index (χ4n) is 2.25. The molecule has 2 aliphatic carbocycles. The van der Waals surface area contributed by atoms with Gasteiger partial charge in [0.2, 0.25) is 5.91 Å². The lowest BCUT2D eigenvalue weighted by Crippen LogP contribution is -2.43. The summed E-state index contributed by atoms with van der Waals surface area (Å²) in [4.78, 5) is 11.4. The summed E-state index contributed by atoms with van der Waals surface area (Å²) in [5.41, 5.74) is 0. The molecule has 2 rings (SSSR count). The summed E-state index contributed by atoms with van der Waals surface area (Å²) in [6, 6.07) is 0.648. The quantitative estimate of drug-likeness (QED) is 0.641. The molecule has 2 saturated carbocycles. The van der Waals surface area contributed by atoms with Crippen LogP contribution in [0.4, 0.5) is 0 Å². The molecule has 0 aliphatic heterocycles. The van der Waals surface area contributed by atoms with Crippen molar-refractivity contribution in [1.29, 1.82) is 0 Å². The molecule has 2 atom stereocenters. The Hall–Kier alpha value is -0.610. The van der Waals surface area contributed by atoms with Gasteiger partial charge in [0.25, 0.3) is 0 Å². The minimum absolute atomic E-state index is 0.139. The standard InChI is InChI=1S/C12H22N2O2/c15-11-4-2-1-3-10(11)13-8-7-12(16)14-9-5-6-9/h9-11,13,15H,1-8H2,(H,14,16)/t10-,11-/m1/s1. The van der Waals surface area contributed by atoms with Crippen LogP contribution < -0.4 is 10.6 Å². The van der Waals surface area contributed by atoms with Crippen LogP contribution in [0, 0.1) is 0 Å². The van der Waals surface area contributed by atoms with E-state index >= 15 is 0 Å². The maximum atomic E-state index is 11.4. The largest absolute Gasteiger partial charge is 0.392 e. The molecular formula is C12H22N2O2. The highest BCUT2D eigenvalue weighted by atomic mass is 16.3. The Bertz CT molecular complexity index is 241. The number of amides is 1. The van der Waals surface area contributed by atoms with Crippen molar-refractivity contribution < 1.29 is 9.90 Å². The highest BCUT2D eigenvalue weighted by Gasteiger charge is 2.24. The molecule has 92 valence electrons. The number of rotatable bonds is 5. The first-order valence-corrected chi connectivity index (χ1v) is 6.46. The molecule has 0 heterocycles. The molecule has 4 nitrogen and oxygen atoms in total. The van der Waals surface area contributed by atoms with Gasteiger partial charge in [0.15, 0.2) is 0 Å². The predicted molar refractivity (Wildman–Crippen MR) is 62.0 cm³/mol. The summed E-state index contributed by atoms with van der Waals surface area (Å²) in [5, 5.41) is 16.0. The minimum Gasteiger partial charge on any atom is -0.392 e. The number of aliphatic hydroxyl groups excluding tert-OH is 1. The van der Waals surface area contributed by atoms with E-state index in [2.05, 4.69) is 10.6 Å². The first-order valence-electron chi connectivity index (χ1n) is 6.46. The first kappa shape index (κ1) is 11.9. The van der Waals surface area contributed by atoms with Gasteiger partial charge in [0, 0.05) is 25.0 Å². The molecule has 0 radical (unpaired) electrons. The zero-order valence-corrected chi connectivity index (χ0v) is 9.74. The molecule has 16 heavy (non-hydrogen) atoms. The van der Waals surface area contributed by atoms with Gasteiger partial charge in [0.1, 0.15) is 0 Å². The van der Waals surface area contributed by atoms with Crippen molar-refractivity contribution in [3.05, 3.63) is 0 Å². The van der Waals surface area contributed by atoms with Crippen LogP contribution in [0.3, 0.4) is 0 Å². The van der Waals surface area contributed by atoms with E-state index in [9.17, 15) is 9.90 Å². The van der Waals surface area contributed by atoms with Crippen molar-refractivity contribution in [3.8, 4) is 0 Å². The highest BCUT2D eigenvalue weighted by molar-refractivity contribution is 5.76. The molecule has 0 aromatic rings. The van der Waals surface area contributed by atoms with Crippen LogP contribution in [0.5, 0.6) is 0 Å². The van der Waals surface area contributed by atoms with E-state index < -0.39 is 0 Å². The van der Waals surface area contributed by atoms with E-state index in [1.807, 2.05) is 0 Å². The Kier molecular flexibility index (Phi) is 4.18. The van der Waals surface area contributed by atoms with Crippen molar-refractivity contribution in [3.63, 3.8) is 0 Å². The third kappa shape index (κ3) is 3.76. The zero-order chi connectivity index (χ0) is 11.4. The van der Waals surface area contributed by atoms with E-state index in [0.29, 0.717) is 19.0 Å². The molecule has 0 bridgehead atoms. The maximum absolute atomic E-state index is 11.4. The van der Waals surface area contributed by atoms with Gasteiger partial charge in [-0.3, -0.25) is 4.79 Å². The van der Waals surface area contributed by atoms with Gasteiger partial charge in [-0.25, -0.2) is 0 Å². The second-order valence-corrected chi connectivity index (χ2v) is 5.00. The molecule has 0 aromatic carbocycles. The lowest BCUT2D eigenvalue weighted by Gasteiger charge is -2.28. The summed E-state index contributed by atoms with van der Waals surface area (Å²) in [6.45, 7) is 0.681. The number of carbonyl (C=O) groups is 1. The Morgan fingerprint density at radius 2 is 1.94 bits per heavy atom. The molecule has 0 saturated heterocycles. The summed E-state index contributed by atoms with van der Waals surface area (Å²) < 4.78 is 0. The fraction of sp³-hybridized carbons (Fsp3) is 0.917. The van der Waals surface area contributed by atoms with Gasteiger partial charge in [0.05, 0.1) is 6.10 Å². The Morgan fingerprint density at radius 3 is 2.62 bits per heavy atom. The average molecular weight is 226 g/mol. The summed E-state index contributed by atoms with van der Waals surface area (Å²) in [6.07, 6.45) is 6.82. The van der Waals surface area contributed by atoms with Crippen LogP contribution in [0.2, 0.25) is 0 Å². The van der Waals surface area contributed by atoms with Crippen molar-refractivity contribution in [2.24, 2.45) is 0 Å². The van der Waals surface area contributed by atoms with E-state index in [1.165, 1.54) is 6.42 Å². The molecule has 2 aliphatic rings. The van der Waals surface area contributed by atoms with Crippen molar-refractivity contribution >= 4 is 5.91 Å². The van der Waals surface area contributed by atoms with Crippen molar-refractivity contribution in [2.75, 3.05) is 6.54 Å². The van der Waals surface area contributed by atoms with Gasteiger partial charge in [-0.05, 0) is 25.7 Å². The van der Waals surface area contributed by atoms with Crippen molar-refractivity contribution in [2.45, 2.75) is 63.1 Å². The predicted octanol–water partition coefficient (Wildman–Crippen LogP) is 0.548. The summed E-state index contributed by atoms with van der Waals surface area (Å²) in [7, 11) is 0. The number of hydrogen-bond acceptors (Lipinski definition) is 3. The Balaban J connectivity index is 1.57. The van der Waals surface area contributed by atoms with E-state index in [1.54, 1.807) is 0 Å². The topological polar surface area (TPSA) is 61.4 Å². The van der Waals surface area contributed by atoms with Crippen LogP contribution in [0.1, 0.15) is 44.9 Å². The van der Waals surface area contributed by atoms with Gasteiger partial charge >= 0.3 is 0 Å². The molecule has 0 spiro atoms. The summed E-state index contributed by atoms with van der Waals surface area (Å²) >= 11 is 0. The van der Waals surface area contributed by atoms with E-state index in [0.717, 1.165) is 32.1 Å². The van der Waals surface area contributed by atoms with E-state index in [-0.39, 0.29) is 18.1 Å².